The molecule has 1 aromatic heterocycles. The summed E-state index contributed by atoms with van der Waals surface area (Å²) in [6.07, 6.45) is 3.53. The second-order valence-corrected chi connectivity index (χ2v) is 9.00. The number of nitrogens with zero attached hydrogens (tertiary/aromatic N) is 3. The highest BCUT2D eigenvalue weighted by atomic mass is 19.1. The Morgan fingerprint density at radius 3 is 2.92 bits per heavy atom. The largest absolute Gasteiger partial charge is 0.494 e. The van der Waals surface area contributed by atoms with Crippen LogP contribution in [0, 0.1) is 5.82 Å². The van der Waals surface area contributed by atoms with Crippen molar-refractivity contribution in [2.45, 2.75) is 38.3 Å². The topological polar surface area (TPSA) is 115 Å². The Morgan fingerprint density at radius 2 is 2.08 bits per heavy atom. The SMILES string of the molecule is COc1ccc(COc2nc(N3CCc4ccccc43)ncc2OC(=O)NC2CCCCNC2=O)cc1F. The normalized spacial score (nSPS) is 16.7. The zero-order chi connectivity index (χ0) is 26.5. The number of hydrogen-bond donors (Lipinski definition) is 2. The van der Waals surface area contributed by atoms with Crippen LogP contribution in [0.5, 0.6) is 17.4 Å². The molecule has 1 atom stereocenters. The summed E-state index contributed by atoms with van der Waals surface area (Å²) in [7, 11) is 1.39. The lowest BCUT2D eigenvalue weighted by molar-refractivity contribution is -0.122. The Bertz CT molecular complexity index is 1340. The van der Waals surface area contributed by atoms with Crippen molar-refractivity contribution in [1.82, 2.24) is 20.6 Å². The molecule has 1 fully saturated rings. The Kier molecular flexibility index (Phi) is 7.52. The first kappa shape index (κ1) is 25.2. The number of methoxy groups -OCH3 is 1. The van der Waals surface area contributed by atoms with Crippen LogP contribution in [-0.4, -0.2) is 48.2 Å². The van der Waals surface area contributed by atoms with Gasteiger partial charge in [0, 0.05) is 18.8 Å². The Balaban J connectivity index is 1.37. The van der Waals surface area contributed by atoms with Crippen molar-refractivity contribution in [3.05, 3.63) is 65.6 Å². The van der Waals surface area contributed by atoms with Crippen molar-refractivity contribution in [2.24, 2.45) is 0 Å². The molecule has 2 N–H and O–H groups in total. The molecule has 2 aliphatic heterocycles. The number of amides is 2. The second kappa shape index (κ2) is 11.3. The first-order valence-corrected chi connectivity index (χ1v) is 12.5. The fourth-order valence-corrected chi connectivity index (χ4v) is 4.50. The average Bonchev–Trinajstić information content (AvgIpc) is 3.25. The lowest BCUT2D eigenvalue weighted by Gasteiger charge is -2.19. The van der Waals surface area contributed by atoms with E-state index in [-0.39, 0.29) is 29.9 Å². The third-order valence-corrected chi connectivity index (χ3v) is 6.46. The van der Waals surface area contributed by atoms with Crippen LogP contribution in [0.3, 0.4) is 0 Å². The molecule has 38 heavy (non-hydrogen) atoms. The molecule has 198 valence electrons. The van der Waals surface area contributed by atoms with Crippen molar-refractivity contribution in [2.75, 3.05) is 25.1 Å². The van der Waals surface area contributed by atoms with Crippen molar-refractivity contribution < 1.29 is 28.2 Å². The third kappa shape index (κ3) is 5.61. The number of aromatic nitrogens is 2. The van der Waals surface area contributed by atoms with Gasteiger partial charge in [0.2, 0.25) is 17.6 Å². The average molecular weight is 522 g/mol. The van der Waals surface area contributed by atoms with Gasteiger partial charge in [0.1, 0.15) is 12.6 Å². The summed E-state index contributed by atoms with van der Waals surface area (Å²) in [4.78, 5) is 35.8. The first-order chi connectivity index (χ1) is 18.5. The fraction of sp³-hybridized carbons (Fsp3) is 0.333. The van der Waals surface area contributed by atoms with Crippen molar-refractivity contribution in [3.8, 4) is 17.4 Å². The second-order valence-electron chi connectivity index (χ2n) is 9.00. The third-order valence-electron chi connectivity index (χ3n) is 6.46. The summed E-state index contributed by atoms with van der Waals surface area (Å²) in [5.74, 6) is -0.298. The Morgan fingerprint density at radius 1 is 1.21 bits per heavy atom. The molecule has 1 unspecified atom stereocenters. The van der Waals surface area contributed by atoms with Gasteiger partial charge >= 0.3 is 6.09 Å². The molecule has 0 aliphatic carbocycles. The van der Waals surface area contributed by atoms with Crippen molar-refractivity contribution >= 4 is 23.6 Å². The van der Waals surface area contributed by atoms with E-state index in [9.17, 15) is 14.0 Å². The number of para-hydroxylation sites is 1. The van der Waals surface area contributed by atoms with E-state index in [2.05, 4.69) is 26.7 Å². The predicted molar refractivity (Wildman–Crippen MR) is 136 cm³/mol. The van der Waals surface area contributed by atoms with Gasteiger partial charge in [-0.3, -0.25) is 4.79 Å². The lowest BCUT2D eigenvalue weighted by Crippen LogP contribution is -2.46. The summed E-state index contributed by atoms with van der Waals surface area (Å²) in [5.41, 5.74) is 2.69. The van der Waals surface area contributed by atoms with E-state index in [0.717, 1.165) is 24.9 Å². The maximum Gasteiger partial charge on any atom is 0.413 e. The molecular formula is C27H28FN5O5. The molecular weight excluding hydrogens is 493 g/mol. The van der Waals surface area contributed by atoms with E-state index in [4.69, 9.17) is 14.2 Å². The summed E-state index contributed by atoms with van der Waals surface area (Å²) < 4.78 is 30.5. The summed E-state index contributed by atoms with van der Waals surface area (Å²) in [5, 5.41) is 5.37. The standard InChI is InChI=1S/C27H28FN5O5/c1-36-22-10-9-17(14-19(22)28)16-37-25-23(38-27(35)31-20-7-4-5-12-29-24(20)34)15-30-26(32-25)33-13-11-18-6-2-3-8-21(18)33/h2-3,6,8-10,14-15,20H,4-5,7,11-13,16H2,1H3,(H,29,34)(H,31,35). The molecule has 2 aliphatic rings. The number of benzene rings is 2. The quantitative estimate of drug-likeness (QED) is 0.484. The molecule has 5 rings (SSSR count). The molecule has 0 bridgehead atoms. The highest BCUT2D eigenvalue weighted by Gasteiger charge is 2.26. The molecule has 1 saturated heterocycles. The smallest absolute Gasteiger partial charge is 0.413 e. The predicted octanol–water partition coefficient (Wildman–Crippen LogP) is 3.65. The summed E-state index contributed by atoms with van der Waals surface area (Å²) in [6, 6.07) is 11.7. The van der Waals surface area contributed by atoms with Crippen molar-refractivity contribution in [3.63, 3.8) is 0 Å². The summed E-state index contributed by atoms with van der Waals surface area (Å²) >= 11 is 0. The van der Waals surface area contributed by atoms with Crippen LogP contribution >= 0.6 is 0 Å². The molecule has 3 aromatic rings. The van der Waals surface area contributed by atoms with Gasteiger partial charge < -0.3 is 29.7 Å². The molecule has 10 nitrogen and oxygen atoms in total. The van der Waals surface area contributed by atoms with Gasteiger partial charge in [-0.15, -0.1) is 0 Å². The number of carbonyl (C=O) groups is 2. The van der Waals surface area contributed by atoms with E-state index in [1.165, 1.54) is 31.0 Å². The van der Waals surface area contributed by atoms with Gasteiger partial charge in [-0.2, -0.15) is 4.98 Å². The number of anilines is 2. The van der Waals surface area contributed by atoms with Crippen molar-refractivity contribution in [1.29, 1.82) is 0 Å². The summed E-state index contributed by atoms with van der Waals surface area (Å²) in [6.45, 7) is 1.21. The number of fused-ring (bicyclic) bond motifs is 1. The van der Waals surface area contributed by atoms with E-state index in [1.807, 2.05) is 23.1 Å². The number of carbonyl (C=O) groups excluding carboxylic acids is 2. The zero-order valence-corrected chi connectivity index (χ0v) is 20.9. The van der Waals surface area contributed by atoms with Crippen LogP contribution < -0.4 is 29.7 Å². The maximum atomic E-state index is 14.2. The van der Waals surface area contributed by atoms with Crippen LogP contribution in [-0.2, 0) is 17.8 Å². The Hall–Kier alpha value is -4.41. The van der Waals surface area contributed by atoms with Crippen LogP contribution in [0.25, 0.3) is 0 Å². The lowest BCUT2D eigenvalue weighted by atomic mass is 10.1. The fourth-order valence-electron chi connectivity index (χ4n) is 4.50. The highest BCUT2D eigenvalue weighted by Crippen LogP contribution is 2.35. The molecule has 11 heteroatoms. The minimum absolute atomic E-state index is 0.0103. The minimum atomic E-state index is -0.824. The Labute approximate surface area is 219 Å². The van der Waals surface area contributed by atoms with E-state index in [1.54, 1.807) is 6.07 Å². The van der Waals surface area contributed by atoms with Gasteiger partial charge in [0.25, 0.3) is 5.88 Å². The van der Waals surface area contributed by atoms with E-state index < -0.39 is 18.0 Å². The number of rotatable bonds is 7. The number of hydrogen-bond acceptors (Lipinski definition) is 8. The molecule has 0 radical (unpaired) electrons. The number of nitrogens with one attached hydrogen (secondary N) is 2. The first-order valence-electron chi connectivity index (χ1n) is 12.5. The highest BCUT2D eigenvalue weighted by molar-refractivity contribution is 5.86. The van der Waals surface area contributed by atoms with Gasteiger partial charge in [-0.25, -0.2) is 14.2 Å². The van der Waals surface area contributed by atoms with Crippen LogP contribution in [0.1, 0.15) is 30.4 Å². The van der Waals surface area contributed by atoms with Gasteiger partial charge in [0.15, 0.2) is 11.6 Å². The van der Waals surface area contributed by atoms with Gasteiger partial charge in [-0.05, 0) is 55.0 Å². The molecule has 0 saturated carbocycles. The van der Waals surface area contributed by atoms with Gasteiger partial charge in [0.05, 0.1) is 13.3 Å². The van der Waals surface area contributed by atoms with Gasteiger partial charge in [-0.1, -0.05) is 24.3 Å². The number of ether oxygens (including phenoxy) is 3. The number of halogens is 1. The van der Waals surface area contributed by atoms with E-state index >= 15 is 0 Å². The maximum absolute atomic E-state index is 14.2. The van der Waals surface area contributed by atoms with Crippen LogP contribution in [0.2, 0.25) is 0 Å². The molecule has 2 amide bonds. The zero-order valence-electron chi connectivity index (χ0n) is 20.9. The minimum Gasteiger partial charge on any atom is -0.494 e. The van der Waals surface area contributed by atoms with Crippen LogP contribution in [0.15, 0.2) is 48.7 Å². The van der Waals surface area contributed by atoms with Crippen LogP contribution in [0.4, 0.5) is 20.8 Å². The molecule has 0 spiro atoms. The molecule has 3 heterocycles. The molecule has 2 aromatic carbocycles. The monoisotopic (exact) mass is 521 g/mol. The van der Waals surface area contributed by atoms with E-state index in [0.29, 0.717) is 31.0 Å².